The van der Waals surface area contributed by atoms with E-state index in [0.717, 1.165) is 0 Å². The van der Waals surface area contributed by atoms with E-state index in [1.54, 1.807) is 4.72 Å². The van der Waals surface area contributed by atoms with Crippen LogP contribution in [0.25, 0.3) is 0 Å². The summed E-state index contributed by atoms with van der Waals surface area (Å²) in [4.78, 5) is 10.8. The fourth-order valence-electron chi connectivity index (χ4n) is 1.28. The fourth-order valence-corrected chi connectivity index (χ4v) is 2.03. The lowest BCUT2D eigenvalue weighted by Crippen LogP contribution is -2.18. The highest BCUT2D eigenvalue weighted by atomic mass is 32.2. The van der Waals surface area contributed by atoms with E-state index in [2.05, 4.69) is 0 Å². The number of hydrogen-bond acceptors (Lipinski definition) is 4. The molecule has 0 unspecified atom stereocenters. The SMILES string of the molecule is N#CCS(=O)(=O)Nc1cc(C(F)(F)F)ccc1C(=O)O. The van der Waals surface area contributed by atoms with Gasteiger partial charge in [-0.25, -0.2) is 13.2 Å². The maximum atomic E-state index is 12.5. The number of nitriles is 1. The summed E-state index contributed by atoms with van der Waals surface area (Å²) in [7, 11) is -4.24. The van der Waals surface area contributed by atoms with Gasteiger partial charge in [0.05, 0.1) is 22.9 Å². The number of hydrogen-bond donors (Lipinski definition) is 2. The number of sulfonamides is 1. The van der Waals surface area contributed by atoms with E-state index in [1.165, 1.54) is 6.07 Å². The standard InChI is InChI=1S/C10H7F3N2O4S/c11-10(12,13)6-1-2-7(9(16)17)8(5-6)15-20(18,19)4-3-14/h1-2,5,15H,4H2,(H,16,17). The predicted molar refractivity (Wildman–Crippen MR) is 61.4 cm³/mol. The Bertz CT molecular complexity index is 677. The highest BCUT2D eigenvalue weighted by Crippen LogP contribution is 2.32. The number of nitrogens with one attached hydrogen (secondary N) is 1. The lowest BCUT2D eigenvalue weighted by atomic mass is 10.1. The van der Waals surface area contributed by atoms with E-state index >= 15 is 0 Å². The van der Waals surface area contributed by atoms with Crippen molar-refractivity contribution in [2.75, 3.05) is 10.5 Å². The molecule has 0 aromatic heterocycles. The van der Waals surface area contributed by atoms with E-state index in [9.17, 15) is 26.4 Å². The second-order valence-corrected chi connectivity index (χ2v) is 5.30. The molecule has 10 heteroatoms. The zero-order valence-electron chi connectivity index (χ0n) is 9.60. The highest BCUT2D eigenvalue weighted by Gasteiger charge is 2.32. The summed E-state index contributed by atoms with van der Waals surface area (Å²) in [5.74, 6) is -2.61. The van der Waals surface area contributed by atoms with Crippen LogP contribution in [0.15, 0.2) is 18.2 Å². The summed E-state index contributed by atoms with van der Waals surface area (Å²) in [6.45, 7) is 0. The summed E-state index contributed by atoms with van der Waals surface area (Å²) in [6.07, 6.45) is -4.76. The van der Waals surface area contributed by atoms with E-state index < -0.39 is 44.7 Å². The van der Waals surface area contributed by atoms with Gasteiger partial charge in [0.25, 0.3) is 0 Å². The molecule has 2 N–H and O–H groups in total. The molecule has 108 valence electrons. The number of halogens is 3. The molecule has 0 aliphatic heterocycles. The Morgan fingerprint density at radius 1 is 1.40 bits per heavy atom. The van der Waals surface area contributed by atoms with Gasteiger partial charge in [-0.05, 0) is 18.2 Å². The second kappa shape index (κ2) is 5.38. The van der Waals surface area contributed by atoms with Crippen molar-refractivity contribution in [3.05, 3.63) is 29.3 Å². The molecule has 0 radical (unpaired) electrons. The van der Waals surface area contributed by atoms with Crippen LogP contribution < -0.4 is 4.72 Å². The molecule has 1 aromatic rings. The summed E-state index contributed by atoms with van der Waals surface area (Å²) in [5, 5.41) is 17.1. The number of carboxylic acids is 1. The van der Waals surface area contributed by atoms with Crippen LogP contribution in [-0.2, 0) is 16.2 Å². The molecule has 0 aliphatic carbocycles. The second-order valence-electron chi connectivity index (χ2n) is 3.58. The van der Waals surface area contributed by atoms with Crippen molar-refractivity contribution < 1.29 is 31.5 Å². The number of carbonyl (C=O) groups is 1. The molecule has 0 aliphatic rings. The quantitative estimate of drug-likeness (QED) is 0.879. The molecule has 0 amide bonds. The zero-order valence-corrected chi connectivity index (χ0v) is 10.4. The Hall–Kier alpha value is -2.28. The van der Waals surface area contributed by atoms with Crippen molar-refractivity contribution in [2.45, 2.75) is 6.18 Å². The van der Waals surface area contributed by atoms with Gasteiger partial charge in [-0.3, -0.25) is 4.72 Å². The molecule has 0 fully saturated rings. The lowest BCUT2D eigenvalue weighted by molar-refractivity contribution is -0.137. The van der Waals surface area contributed by atoms with Gasteiger partial charge in [0, 0.05) is 0 Å². The monoisotopic (exact) mass is 308 g/mol. The average Bonchev–Trinajstić information content (AvgIpc) is 2.26. The molecule has 1 aromatic carbocycles. The number of carboxylic acid groups (broad SMARTS) is 1. The summed E-state index contributed by atoms with van der Waals surface area (Å²) < 4.78 is 61.8. The number of aromatic carboxylic acids is 1. The normalized spacial score (nSPS) is 11.7. The topological polar surface area (TPSA) is 107 Å². The van der Waals surface area contributed by atoms with Crippen molar-refractivity contribution in [1.82, 2.24) is 0 Å². The van der Waals surface area contributed by atoms with Crippen LogP contribution in [0.3, 0.4) is 0 Å². The van der Waals surface area contributed by atoms with Crippen LogP contribution in [-0.4, -0.2) is 25.2 Å². The molecular weight excluding hydrogens is 301 g/mol. The Balaban J connectivity index is 3.35. The Kier molecular flexibility index (Phi) is 4.24. The van der Waals surface area contributed by atoms with Crippen LogP contribution in [0, 0.1) is 11.3 Å². The highest BCUT2D eigenvalue weighted by molar-refractivity contribution is 7.92. The Morgan fingerprint density at radius 2 is 2.00 bits per heavy atom. The number of rotatable bonds is 4. The summed E-state index contributed by atoms with van der Waals surface area (Å²) >= 11 is 0. The number of alkyl halides is 3. The van der Waals surface area contributed by atoms with Gasteiger partial charge < -0.3 is 5.11 Å². The number of benzene rings is 1. The van der Waals surface area contributed by atoms with Crippen molar-refractivity contribution in [3.63, 3.8) is 0 Å². The van der Waals surface area contributed by atoms with E-state index in [1.807, 2.05) is 0 Å². The number of nitrogens with zero attached hydrogens (tertiary/aromatic N) is 1. The first kappa shape index (κ1) is 15.8. The molecule has 0 bridgehead atoms. The third kappa shape index (κ3) is 3.86. The first-order valence-corrected chi connectivity index (χ1v) is 6.54. The summed E-state index contributed by atoms with van der Waals surface area (Å²) in [5.41, 5.74) is -2.61. The van der Waals surface area contributed by atoms with E-state index in [0.29, 0.717) is 18.2 Å². The first-order chi connectivity index (χ1) is 9.07. The minimum absolute atomic E-state index is 0.360. The van der Waals surface area contributed by atoms with Gasteiger partial charge in [-0.15, -0.1) is 0 Å². The maximum absolute atomic E-state index is 12.5. The number of anilines is 1. The minimum atomic E-state index is -4.76. The van der Waals surface area contributed by atoms with Crippen molar-refractivity contribution >= 4 is 21.7 Å². The molecule has 0 atom stereocenters. The molecule has 0 heterocycles. The Labute approximate surface area is 111 Å². The molecule has 0 saturated carbocycles. The van der Waals surface area contributed by atoms with Crippen molar-refractivity contribution in [2.24, 2.45) is 0 Å². The Morgan fingerprint density at radius 3 is 2.45 bits per heavy atom. The average molecular weight is 308 g/mol. The van der Waals surface area contributed by atoms with Gasteiger partial charge in [0.15, 0.2) is 5.75 Å². The lowest BCUT2D eigenvalue weighted by Gasteiger charge is -2.12. The van der Waals surface area contributed by atoms with Crippen molar-refractivity contribution in [1.29, 1.82) is 5.26 Å². The van der Waals surface area contributed by atoms with Crippen LogP contribution >= 0.6 is 0 Å². The van der Waals surface area contributed by atoms with Crippen molar-refractivity contribution in [3.8, 4) is 6.07 Å². The third-order valence-corrected chi connectivity index (χ3v) is 3.14. The molecule has 6 nitrogen and oxygen atoms in total. The largest absolute Gasteiger partial charge is 0.478 e. The van der Waals surface area contributed by atoms with Gasteiger partial charge in [-0.2, -0.15) is 18.4 Å². The van der Waals surface area contributed by atoms with Gasteiger partial charge in [0.1, 0.15) is 0 Å². The molecule has 1 rings (SSSR count). The van der Waals surface area contributed by atoms with Gasteiger partial charge in [-0.1, -0.05) is 0 Å². The molecule has 0 saturated heterocycles. The van der Waals surface area contributed by atoms with Gasteiger partial charge in [0.2, 0.25) is 10.0 Å². The molecular formula is C10H7F3N2O4S. The van der Waals surface area contributed by atoms with Gasteiger partial charge >= 0.3 is 12.1 Å². The third-order valence-electron chi connectivity index (χ3n) is 2.10. The molecule has 0 spiro atoms. The molecule has 20 heavy (non-hydrogen) atoms. The minimum Gasteiger partial charge on any atom is -0.478 e. The fraction of sp³-hybridized carbons (Fsp3) is 0.200. The summed E-state index contributed by atoms with van der Waals surface area (Å²) in [6, 6.07) is 2.81. The maximum Gasteiger partial charge on any atom is 0.416 e. The first-order valence-electron chi connectivity index (χ1n) is 4.89. The predicted octanol–water partition coefficient (Wildman–Crippen LogP) is 1.67. The smallest absolute Gasteiger partial charge is 0.416 e. The van der Waals surface area contributed by atoms with Crippen LogP contribution in [0.4, 0.5) is 18.9 Å². The van der Waals surface area contributed by atoms with Crippen LogP contribution in [0.5, 0.6) is 0 Å². The van der Waals surface area contributed by atoms with Crippen LogP contribution in [0.1, 0.15) is 15.9 Å². The zero-order chi connectivity index (χ0) is 15.6. The van der Waals surface area contributed by atoms with E-state index in [-0.39, 0.29) is 0 Å². The van der Waals surface area contributed by atoms with E-state index in [4.69, 9.17) is 10.4 Å². The van der Waals surface area contributed by atoms with Crippen LogP contribution in [0.2, 0.25) is 0 Å².